The number of nitrogens with one attached hydrogen (secondary N) is 3. The van der Waals surface area contributed by atoms with Crippen LogP contribution < -0.4 is 21.7 Å². The Hall–Kier alpha value is -1.75. The second-order valence-electron chi connectivity index (χ2n) is 8.59. The first-order chi connectivity index (χ1) is 14.5. The van der Waals surface area contributed by atoms with Crippen LogP contribution in [0.2, 0.25) is 0 Å². The van der Waals surface area contributed by atoms with Crippen molar-refractivity contribution in [3.05, 3.63) is 0 Å². The zero-order chi connectivity index (χ0) is 23.9. The molecular formula is C21H42N4O6. The summed E-state index contributed by atoms with van der Waals surface area (Å²) in [5.41, 5.74) is 4.71. The van der Waals surface area contributed by atoms with Crippen LogP contribution in [0.3, 0.4) is 0 Å². The monoisotopic (exact) mass is 446 g/mol. The Labute approximate surface area is 186 Å². The molecule has 0 aliphatic heterocycles. The first-order valence-electron chi connectivity index (χ1n) is 10.8. The third kappa shape index (κ3) is 14.0. The van der Waals surface area contributed by atoms with Crippen molar-refractivity contribution in [1.82, 2.24) is 16.0 Å². The number of ether oxygens (including phenoxy) is 3. The van der Waals surface area contributed by atoms with Crippen molar-refractivity contribution in [3.63, 3.8) is 0 Å². The summed E-state index contributed by atoms with van der Waals surface area (Å²) in [4.78, 5) is 37.0. The normalized spacial score (nSPS) is 13.5. The Bertz CT molecular complexity index is 536. The molecular weight excluding hydrogens is 404 g/mol. The molecule has 0 aromatic rings. The van der Waals surface area contributed by atoms with E-state index in [1.807, 2.05) is 13.8 Å². The predicted molar refractivity (Wildman–Crippen MR) is 118 cm³/mol. The van der Waals surface area contributed by atoms with Crippen molar-refractivity contribution in [2.24, 2.45) is 17.1 Å². The number of hydrogen-bond donors (Lipinski definition) is 4. The van der Waals surface area contributed by atoms with E-state index in [4.69, 9.17) is 19.9 Å². The lowest BCUT2D eigenvalue weighted by atomic mass is 9.95. The van der Waals surface area contributed by atoms with Crippen molar-refractivity contribution < 1.29 is 28.6 Å². The molecule has 1 unspecified atom stereocenters. The topological polar surface area (TPSA) is 141 Å². The standard InChI is InChI=1S/C21H42N4O6/c1-15(2)17(25-18(26)16(3)24-20(28)21(4,5)6)19(27)23-8-10-30-12-14-31-13-11-29-9-7-22/h15-17H,7-14,22H2,1-6H3,(H,23,27)(H,24,28)(H,25,26)/t16?,17-/m1/s1. The Morgan fingerprint density at radius 3 is 1.81 bits per heavy atom. The summed E-state index contributed by atoms with van der Waals surface area (Å²) in [5, 5.41) is 8.14. The van der Waals surface area contributed by atoms with Crippen molar-refractivity contribution >= 4 is 17.7 Å². The van der Waals surface area contributed by atoms with Crippen LogP contribution in [0.25, 0.3) is 0 Å². The molecule has 2 atom stereocenters. The highest BCUT2D eigenvalue weighted by Crippen LogP contribution is 2.13. The molecule has 0 aliphatic carbocycles. The maximum atomic E-state index is 12.5. The summed E-state index contributed by atoms with van der Waals surface area (Å²) in [6, 6.07) is -1.46. The fourth-order valence-corrected chi connectivity index (χ4v) is 2.27. The lowest BCUT2D eigenvalue weighted by molar-refractivity contribution is -0.134. The zero-order valence-corrected chi connectivity index (χ0v) is 19.9. The summed E-state index contributed by atoms with van der Waals surface area (Å²) < 4.78 is 15.9. The number of rotatable bonds is 16. The number of nitrogens with two attached hydrogens (primary N) is 1. The summed E-state index contributed by atoms with van der Waals surface area (Å²) >= 11 is 0. The molecule has 0 heterocycles. The van der Waals surface area contributed by atoms with Crippen LogP contribution in [0.5, 0.6) is 0 Å². The highest BCUT2D eigenvalue weighted by Gasteiger charge is 2.29. The summed E-state index contributed by atoms with van der Waals surface area (Å²) in [6.45, 7) is 14.0. The molecule has 0 radical (unpaired) electrons. The first kappa shape index (κ1) is 29.2. The van der Waals surface area contributed by atoms with Crippen molar-refractivity contribution in [2.45, 2.75) is 53.6 Å². The molecule has 10 heteroatoms. The number of carbonyl (C=O) groups excluding carboxylic acids is 3. The molecule has 0 fully saturated rings. The third-order valence-corrected chi connectivity index (χ3v) is 4.22. The van der Waals surface area contributed by atoms with Crippen LogP contribution in [0.15, 0.2) is 0 Å². The minimum absolute atomic E-state index is 0.120. The first-order valence-corrected chi connectivity index (χ1v) is 10.8. The molecule has 182 valence electrons. The van der Waals surface area contributed by atoms with Crippen LogP contribution in [-0.4, -0.2) is 82.5 Å². The minimum Gasteiger partial charge on any atom is -0.378 e. The lowest BCUT2D eigenvalue weighted by Gasteiger charge is -2.25. The molecule has 0 aromatic heterocycles. The molecule has 3 amide bonds. The Kier molecular flexibility index (Phi) is 15.1. The minimum atomic E-state index is -0.746. The molecule has 0 rings (SSSR count). The van der Waals surface area contributed by atoms with Crippen LogP contribution >= 0.6 is 0 Å². The van der Waals surface area contributed by atoms with Gasteiger partial charge in [0, 0.05) is 18.5 Å². The van der Waals surface area contributed by atoms with Crippen LogP contribution in [0.1, 0.15) is 41.5 Å². The number of carbonyl (C=O) groups is 3. The van der Waals surface area contributed by atoms with Gasteiger partial charge in [-0.15, -0.1) is 0 Å². The van der Waals surface area contributed by atoms with E-state index in [9.17, 15) is 14.4 Å². The molecule has 0 aromatic carbocycles. The molecule has 0 spiro atoms. The van der Waals surface area contributed by atoms with Crippen molar-refractivity contribution in [2.75, 3.05) is 52.7 Å². The van der Waals surface area contributed by atoms with Gasteiger partial charge < -0.3 is 35.9 Å². The molecule has 0 saturated heterocycles. The molecule has 0 aliphatic rings. The fraction of sp³-hybridized carbons (Fsp3) is 0.857. The van der Waals surface area contributed by atoms with E-state index < -0.39 is 23.4 Å². The van der Waals surface area contributed by atoms with E-state index in [1.165, 1.54) is 0 Å². The molecule has 5 N–H and O–H groups in total. The van der Waals surface area contributed by atoms with E-state index in [1.54, 1.807) is 27.7 Å². The Morgan fingerprint density at radius 2 is 1.32 bits per heavy atom. The van der Waals surface area contributed by atoms with Gasteiger partial charge in [0.1, 0.15) is 12.1 Å². The Balaban J connectivity index is 4.17. The van der Waals surface area contributed by atoms with E-state index in [-0.39, 0.29) is 17.7 Å². The third-order valence-electron chi connectivity index (χ3n) is 4.22. The van der Waals surface area contributed by atoms with E-state index in [0.29, 0.717) is 52.7 Å². The van der Waals surface area contributed by atoms with Gasteiger partial charge in [0.15, 0.2) is 0 Å². The maximum Gasteiger partial charge on any atom is 0.242 e. The predicted octanol–water partition coefficient (Wildman–Crippen LogP) is -0.197. The summed E-state index contributed by atoms with van der Waals surface area (Å²) in [6.07, 6.45) is 0. The van der Waals surface area contributed by atoms with Crippen LogP contribution in [0, 0.1) is 11.3 Å². The SMILES string of the molecule is CC(NC(=O)C(C)(C)C)C(=O)N[C@@H](C(=O)NCCOCCOCCOCCN)C(C)C. The van der Waals surface area contributed by atoms with Crippen LogP contribution in [-0.2, 0) is 28.6 Å². The second kappa shape index (κ2) is 16.0. The average molecular weight is 447 g/mol. The van der Waals surface area contributed by atoms with Gasteiger partial charge in [-0.1, -0.05) is 34.6 Å². The molecule has 0 saturated carbocycles. The lowest BCUT2D eigenvalue weighted by Crippen LogP contribution is -2.55. The average Bonchev–Trinajstić information content (AvgIpc) is 2.68. The summed E-state index contributed by atoms with van der Waals surface area (Å²) in [5.74, 6) is -1.06. The molecule has 10 nitrogen and oxygen atoms in total. The van der Waals surface area contributed by atoms with Crippen molar-refractivity contribution in [1.29, 1.82) is 0 Å². The zero-order valence-electron chi connectivity index (χ0n) is 19.9. The summed E-state index contributed by atoms with van der Waals surface area (Å²) in [7, 11) is 0. The van der Waals surface area contributed by atoms with Crippen LogP contribution in [0.4, 0.5) is 0 Å². The number of hydrogen-bond acceptors (Lipinski definition) is 7. The maximum absolute atomic E-state index is 12.5. The number of amides is 3. The molecule has 31 heavy (non-hydrogen) atoms. The van der Waals surface area contributed by atoms with Gasteiger partial charge in [0.25, 0.3) is 0 Å². The second-order valence-corrected chi connectivity index (χ2v) is 8.59. The van der Waals surface area contributed by atoms with Crippen molar-refractivity contribution in [3.8, 4) is 0 Å². The smallest absolute Gasteiger partial charge is 0.242 e. The van der Waals surface area contributed by atoms with Gasteiger partial charge in [-0.05, 0) is 12.8 Å². The fourth-order valence-electron chi connectivity index (χ4n) is 2.27. The van der Waals surface area contributed by atoms with E-state index >= 15 is 0 Å². The van der Waals surface area contributed by atoms with Gasteiger partial charge in [0.2, 0.25) is 17.7 Å². The van der Waals surface area contributed by atoms with Gasteiger partial charge in [-0.2, -0.15) is 0 Å². The van der Waals surface area contributed by atoms with E-state index in [0.717, 1.165) is 0 Å². The van der Waals surface area contributed by atoms with Gasteiger partial charge in [-0.25, -0.2) is 0 Å². The van der Waals surface area contributed by atoms with Gasteiger partial charge >= 0.3 is 0 Å². The largest absolute Gasteiger partial charge is 0.378 e. The highest BCUT2D eigenvalue weighted by atomic mass is 16.5. The highest BCUT2D eigenvalue weighted by molar-refractivity contribution is 5.92. The van der Waals surface area contributed by atoms with Gasteiger partial charge in [-0.3, -0.25) is 14.4 Å². The molecule has 0 bridgehead atoms. The Morgan fingerprint density at radius 1 is 0.806 bits per heavy atom. The van der Waals surface area contributed by atoms with E-state index in [2.05, 4.69) is 16.0 Å². The van der Waals surface area contributed by atoms with Gasteiger partial charge in [0.05, 0.1) is 39.6 Å². The quantitative estimate of drug-likeness (QED) is 0.241.